The van der Waals surface area contributed by atoms with Crippen LogP contribution in [0.5, 0.6) is 0 Å². The van der Waals surface area contributed by atoms with E-state index in [4.69, 9.17) is 10.8 Å². The number of hydrogen-bond acceptors (Lipinski definition) is 3. The second kappa shape index (κ2) is 4.79. The highest BCUT2D eigenvalue weighted by Gasteiger charge is 2.45. The van der Waals surface area contributed by atoms with Gasteiger partial charge in [-0.3, -0.25) is 4.79 Å². The zero-order valence-electron chi connectivity index (χ0n) is 10.6. The number of urea groups is 1. The summed E-state index contributed by atoms with van der Waals surface area (Å²) in [6, 6.07) is 5.95. The van der Waals surface area contributed by atoms with Gasteiger partial charge in [-0.2, -0.15) is 0 Å². The maximum Gasteiger partial charge on any atom is 0.325 e. The van der Waals surface area contributed by atoms with Gasteiger partial charge >= 0.3 is 12.0 Å². The maximum atomic E-state index is 11.7. The molecular formula is C13H17N3O3. The van der Waals surface area contributed by atoms with Crippen molar-refractivity contribution in [2.45, 2.75) is 31.3 Å². The molecule has 2 rings (SSSR count). The van der Waals surface area contributed by atoms with Crippen LogP contribution in [0.4, 0.5) is 10.5 Å². The highest BCUT2D eigenvalue weighted by Crippen LogP contribution is 2.45. The highest BCUT2D eigenvalue weighted by molar-refractivity contribution is 5.82. The molecule has 102 valence electrons. The second-order valence-corrected chi connectivity index (χ2v) is 4.86. The van der Waals surface area contributed by atoms with Crippen LogP contribution < -0.4 is 16.4 Å². The number of amides is 2. The number of rotatable bonds is 4. The quantitative estimate of drug-likeness (QED) is 0.609. The zero-order chi connectivity index (χ0) is 14.0. The van der Waals surface area contributed by atoms with Gasteiger partial charge in [-0.15, -0.1) is 0 Å². The van der Waals surface area contributed by atoms with E-state index >= 15 is 0 Å². The number of carbonyl (C=O) groups excluding carboxylic acids is 1. The van der Waals surface area contributed by atoms with Crippen molar-refractivity contribution in [3.63, 3.8) is 0 Å². The second-order valence-electron chi connectivity index (χ2n) is 4.86. The minimum absolute atomic E-state index is 0.379. The fourth-order valence-corrected chi connectivity index (χ4v) is 1.92. The van der Waals surface area contributed by atoms with Crippen molar-refractivity contribution in [1.82, 2.24) is 10.6 Å². The van der Waals surface area contributed by atoms with Gasteiger partial charge in [0, 0.05) is 5.69 Å². The third-order valence-electron chi connectivity index (χ3n) is 3.28. The molecule has 1 aliphatic carbocycles. The third-order valence-corrected chi connectivity index (χ3v) is 3.28. The van der Waals surface area contributed by atoms with Gasteiger partial charge in [0.05, 0.1) is 5.54 Å². The molecule has 0 spiro atoms. The number of carboxylic acid groups (broad SMARTS) is 1. The predicted molar refractivity (Wildman–Crippen MR) is 70.5 cm³/mol. The van der Waals surface area contributed by atoms with Crippen LogP contribution in [0.2, 0.25) is 0 Å². The first-order valence-electron chi connectivity index (χ1n) is 6.10. The number of anilines is 1. The lowest BCUT2D eigenvalue weighted by Gasteiger charge is -2.19. The van der Waals surface area contributed by atoms with Crippen LogP contribution in [0.15, 0.2) is 24.3 Å². The predicted octanol–water partition coefficient (Wildman–Crippen LogP) is 1.03. The number of benzene rings is 1. The summed E-state index contributed by atoms with van der Waals surface area (Å²) in [5, 5.41) is 14.0. The molecule has 1 fully saturated rings. The monoisotopic (exact) mass is 263 g/mol. The topological polar surface area (TPSA) is 104 Å². The number of aliphatic carboxylic acids is 1. The van der Waals surface area contributed by atoms with E-state index in [1.165, 1.54) is 6.92 Å². The molecule has 1 aromatic carbocycles. The van der Waals surface area contributed by atoms with Crippen LogP contribution in [0.1, 0.15) is 25.3 Å². The fourth-order valence-electron chi connectivity index (χ4n) is 1.92. The third kappa shape index (κ3) is 2.96. The van der Waals surface area contributed by atoms with E-state index in [0.717, 1.165) is 18.4 Å². The molecule has 0 aromatic heterocycles. The SMILES string of the molecule is CC(NC(=O)NC1(c2ccc(N)cc2)CC1)C(=O)O. The molecule has 1 aliphatic rings. The molecule has 19 heavy (non-hydrogen) atoms. The smallest absolute Gasteiger partial charge is 0.325 e. The Bertz CT molecular complexity index is 494. The minimum atomic E-state index is -1.06. The van der Waals surface area contributed by atoms with Crippen LogP contribution in [-0.2, 0) is 10.3 Å². The van der Waals surface area contributed by atoms with Gasteiger partial charge in [0.1, 0.15) is 6.04 Å². The van der Waals surface area contributed by atoms with Crippen molar-refractivity contribution >= 4 is 17.7 Å². The van der Waals surface area contributed by atoms with E-state index in [1.54, 1.807) is 12.1 Å². The molecule has 6 heteroatoms. The molecular weight excluding hydrogens is 246 g/mol. The summed E-state index contributed by atoms with van der Waals surface area (Å²) < 4.78 is 0. The summed E-state index contributed by atoms with van der Waals surface area (Å²) in [5.74, 6) is -1.06. The number of carbonyl (C=O) groups is 2. The van der Waals surface area contributed by atoms with Crippen molar-refractivity contribution in [3.05, 3.63) is 29.8 Å². The minimum Gasteiger partial charge on any atom is -0.480 e. The first-order valence-corrected chi connectivity index (χ1v) is 6.10. The molecule has 1 aromatic rings. The van der Waals surface area contributed by atoms with Gasteiger partial charge in [-0.25, -0.2) is 4.79 Å². The number of hydrogen-bond donors (Lipinski definition) is 4. The molecule has 2 amide bonds. The molecule has 1 unspecified atom stereocenters. The molecule has 0 saturated heterocycles. The van der Waals surface area contributed by atoms with Gasteiger partial charge in [0.2, 0.25) is 0 Å². The number of nitrogens with two attached hydrogens (primary N) is 1. The Morgan fingerprint density at radius 1 is 1.32 bits per heavy atom. The van der Waals surface area contributed by atoms with Gasteiger partial charge in [0.15, 0.2) is 0 Å². The largest absolute Gasteiger partial charge is 0.480 e. The average molecular weight is 263 g/mol. The summed E-state index contributed by atoms with van der Waals surface area (Å²) in [6.45, 7) is 1.42. The lowest BCUT2D eigenvalue weighted by molar-refractivity contribution is -0.138. The summed E-state index contributed by atoms with van der Waals surface area (Å²) in [5.41, 5.74) is 6.90. The summed E-state index contributed by atoms with van der Waals surface area (Å²) >= 11 is 0. The summed E-state index contributed by atoms with van der Waals surface area (Å²) in [6.07, 6.45) is 1.68. The van der Waals surface area contributed by atoms with E-state index < -0.39 is 18.0 Å². The van der Waals surface area contributed by atoms with Crippen molar-refractivity contribution in [3.8, 4) is 0 Å². The van der Waals surface area contributed by atoms with E-state index in [-0.39, 0.29) is 5.54 Å². The Morgan fingerprint density at radius 2 is 1.89 bits per heavy atom. The van der Waals surface area contributed by atoms with Crippen LogP contribution in [-0.4, -0.2) is 23.1 Å². The van der Waals surface area contributed by atoms with Crippen LogP contribution in [0.3, 0.4) is 0 Å². The molecule has 6 nitrogen and oxygen atoms in total. The van der Waals surface area contributed by atoms with E-state index in [9.17, 15) is 9.59 Å². The molecule has 1 atom stereocenters. The fraction of sp³-hybridized carbons (Fsp3) is 0.385. The first-order chi connectivity index (χ1) is 8.93. The van der Waals surface area contributed by atoms with Crippen LogP contribution in [0.25, 0.3) is 0 Å². The first kappa shape index (κ1) is 13.2. The average Bonchev–Trinajstić information content (AvgIpc) is 3.10. The zero-order valence-corrected chi connectivity index (χ0v) is 10.6. The van der Waals surface area contributed by atoms with Crippen LogP contribution in [0, 0.1) is 0 Å². The molecule has 0 heterocycles. The number of nitrogen functional groups attached to an aromatic ring is 1. The van der Waals surface area contributed by atoms with Crippen molar-refractivity contribution in [2.75, 3.05) is 5.73 Å². The Hall–Kier alpha value is -2.24. The number of carboxylic acids is 1. The van der Waals surface area contributed by atoms with E-state index in [0.29, 0.717) is 5.69 Å². The Balaban J connectivity index is 2.00. The van der Waals surface area contributed by atoms with Crippen molar-refractivity contribution in [2.24, 2.45) is 0 Å². The molecule has 0 aliphatic heterocycles. The summed E-state index contributed by atoms with van der Waals surface area (Å²) in [4.78, 5) is 22.4. The van der Waals surface area contributed by atoms with Gasteiger partial charge in [-0.05, 0) is 37.5 Å². The van der Waals surface area contributed by atoms with Gasteiger partial charge in [0.25, 0.3) is 0 Å². The Morgan fingerprint density at radius 3 is 2.37 bits per heavy atom. The maximum absolute atomic E-state index is 11.7. The van der Waals surface area contributed by atoms with Crippen LogP contribution >= 0.6 is 0 Å². The van der Waals surface area contributed by atoms with Crippen molar-refractivity contribution < 1.29 is 14.7 Å². The standard InChI is InChI=1S/C13H17N3O3/c1-8(11(17)18)15-12(19)16-13(6-7-13)9-2-4-10(14)5-3-9/h2-5,8H,6-7,14H2,1H3,(H,17,18)(H2,15,16,19). The van der Waals surface area contributed by atoms with Crippen molar-refractivity contribution in [1.29, 1.82) is 0 Å². The van der Waals surface area contributed by atoms with E-state index in [2.05, 4.69) is 10.6 Å². The summed E-state index contributed by atoms with van der Waals surface area (Å²) in [7, 11) is 0. The lowest BCUT2D eigenvalue weighted by Crippen LogP contribution is -2.47. The van der Waals surface area contributed by atoms with E-state index in [1.807, 2.05) is 12.1 Å². The Labute approximate surface area is 111 Å². The molecule has 1 saturated carbocycles. The van der Waals surface area contributed by atoms with Gasteiger partial charge < -0.3 is 21.5 Å². The highest BCUT2D eigenvalue weighted by atomic mass is 16.4. The number of nitrogens with one attached hydrogen (secondary N) is 2. The normalized spacial score (nSPS) is 17.3. The molecule has 5 N–H and O–H groups in total. The Kier molecular flexibility index (Phi) is 3.33. The lowest BCUT2D eigenvalue weighted by atomic mass is 10.0. The molecule has 0 bridgehead atoms. The molecule has 0 radical (unpaired) electrons. The van der Waals surface area contributed by atoms with Gasteiger partial charge in [-0.1, -0.05) is 12.1 Å².